The van der Waals surface area contributed by atoms with Crippen molar-refractivity contribution in [3.8, 4) is 0 Å². The van der Waals surface area contributed by atoms with Crippen LogP contribution in [-0.2, 0) is 55.3 Å². The van der Waals surface area contributed by atoms with Gasteiger partial charge in [0.25, 0.3) is 0 Å². The number of halogens is 4. The lowest BCUT2D eigenvalue weighted by atomic mass is 9.85. The second-order valence-electron chi connectivity index (χ2n) is 16.6. The number of nitrogens with one attached hydrogen (secondary N) is 4. The second kappa shape index (κ2) is 16.9. The second-order valence-corrected chi connectivity index (χ2v) is 20.5. The summed E-state index contributed by atoms with van der Waals surface area (Å²) in [7, 11) is -7.09. The molecular weight excluding hydrogens is 821 g/mol. The van der Waals surface area contributed by atoms with Crippen LogP contribution in [0.2, 0.25) is 0 Å². The molecule has 2 aliphatic carbocycles. The van der Waals surface area contributed by atoms with Crippen molar-refractivity contribution in [2.45, 2.75) is 113 Å². The van der Waals surface area contributed by atoms with Crippen LogP contribution in [0.25, 0.3) is 0 Å². The number of urea groups is 2. The first kappa shape index (κ1) is 44.1. The van der Waals surface area contributed by atoms with Crippen molar-refractivity contribution in [3.63, 3.8) is 0 Å². The van der Waals surface area contributed by atoms with Crippen molar-refractivity contribution in [1.29, 1.82) is 0 Å². The van der Waals surface area contributed by atoms with E-state index in [1.54, 1.807) is 7.05 Å². The molecule has 6 rings (SSSR count). The quantitative estimate of drug-likeness (QED) is 0.215. The zero-order chi connectivity index (χ0) is 43.2. The Morgan fingerprint density at radius 3 is 1.97 bits per heavy atom. The number of sulfonamides is 2. The van der Waals surface area contributed by atoms with Gasteiger partial charge in [0.1, 0.15) is 12.4 Å². The molecule has 2 fully saturated rings. The van der Waals surface area contributed by atoms with E-state index in [-0.39, 0.29) is 55.2 Å². The number of piperidine rings is 2. The molecular formula is C39H50F4N6O8S2. The lowest BCUT2D eigenvalue weighted by Gasteiger charge is -2.31. The number of nitrogens with zero attached hydrogens (tertiary/aromatic N) is 2. The number of rotatable bonds is 11. The molecule has 2 aromatic carbocycles. The highest BCUT2D eigenvalue weighted by Gasteiger charge is 2.41. The standard InChI is InChI=1S/C39H50F4N6O8S2/c1-21(2)30-16-26(40)17-31(36(30)45-38(53)47-58(54,55)27-8-10-48(4)33(50)18-27)22(3)12-23-13-25-15-24-6-5-7-29(24)35(32(25)14-23)44-37(52)46-59(56,57)28-9-11-49(34(51)19-28)20-39(41,42)43/h15-17,21-23,27-28H,5-14,18-20H2,1-4H3,(H2,44,46,52)(H2,45,47,53). The maximum atomic E-state index is 15.2. The molecule has 0 bridgehead atoms. The predicted molar refractivity (Wildman–Crippen MR) is 211 cm³/mol. The molecule has 2 aliphatic heterocycles. The average Bonchev–Trinajstić information content (AvgIpc) is 3.76. The van der Waals surface area contributed by atoms with Crippen LogP contribution >= 0.6 is 0 Å². The van der Waals surface area contributed by atoms with Gasteiger partial charge in [-0.3, -0.25) is 9.59 Å². The van der Waals surface area contributed by atoms with Crippen LogP contribution in [-0.4, -0.2) is 93.9 Å². The van der Waals surface area contributed by atoms with E-state index in [1.165, 1.54) is 17.0 Å². The fourth-order valence-corrected chi connectivity index (χ4v) is 11.4. The number of carbonyl (C=O) groups is 4. The Labute approximate surface area is 341 Å². The van der Waals surface area contributed by atoms with Crippen molar-refractivity contribution in [2.75, 3.05) is 37.3 Å². The minimum absolute atomic E-state index is 0.0300. The number of likely N-dealkylation sites (tertiary alicyclic amines) is 2. The van der Waals surface area contributed by atoms with E-state index in [0.29, 0.717) is 47.4 Å². The Kier molecular flexibility index (Phi) is 12.6. The Morgan fingerprint density at radius 2 is 1.37 bits per heavy atom. The summed E-state index contributed by atoms with van der Waals surface area (Å²) in [6, 6.07) is 2.63. The summed E-state index contributed by atoms with van der Waals surface area (Å²) in [6.07, 6.45) is -1.93. The Bertz CT molecular complexity index is 2250. The van der Waals surface area contributed by atoms with Gasteiger partial charge in [-0.2, -0.15) is 13.2 Å². The van der Waals surface area contributed by atoms with E-state index < -0.39 is 80.0 Å². The summed E-state index contributed by atoms with van der Waals surface area (Å²) in [6.45, 7) is 3.83. The monoisotopic (exact) mass is 870 g/mol. The first-order chi connectivity index (χ1) is 27.5. The minimum Gasteiger partial charge on any atom is -0.346 e. The van der Waals surface area contributed by atoms with Gasteiger partial charge >= 0.3 is 18.2 Å². The number of alkyl halides is 3. The highest BCUT2D eigenvalue weighted by atomic mass is 32.2. The Hall–Kier alpha value is -4.46. The van der Waals surface area contributed by atoms with Crippen LogP contribution < -0.4 is 20.1 Å². The lowest BCUT2D eigenvalue weighted by Crippen LogP contribution is -2.50. The smallest absolute Gasteiger partial charge is 0.346 e. The van der Waals surface area contributed by atoms with E-state index in [4.69, 9.17) is 0 Å². The van der Waals surface area contributed by atoms with Crippen molar-refractivity contribution in [1.82, 2.24) is 19.2 Å². The molecule has 14 nitrogen and oxygen atoms in total. The van der Waals surface area contributed by atoms with Gasteiger partial charge in [-0.05, 0) is 115 Å². The zero-order valence-electron chi connectivity index (χ0n) is 33.3. The van der Waals surface area contributed by atoms with Gasteiger partial charge in [-0.1, -0.05) is 26.8 Å². The van der Waals surface area contributed by atoms with E-state index in [1.807, 2.05) is 25.5 Å². The maximum Gasteiger partial charge on any atom is 0.406 e. The van der Waals surface area contributed by atoms with E-state index in [9.17, 15) is 49.2 Å². The molecule has 59 heavy (non-hydrogen) atoms. The predicted octanol–water partition coefficient (Wildman–Crippen LogP) is 5.42. The summed E-state index contributed by atoms with van der Waals surface area (Å²) in [4.78, 5) is 53.2. The number of hydrogen-bond donors (Lipinski definition) is 4. The first-order valence-corrected chi connectivity index (χ1v) is 22.8. The highest BCUT2D eigenvalue weighted by Crippen LogP contribution is 2.44. The minimum atomic E-state index is -4.63. The van der Waals surface area contributed by atoms with Crippen molar-refractivity contribution < 1.29 is 53.6 Å². The summed E-state index contributed by atoms with van der Waals surface area (Å²) >= 11 is 0. The number of anilines is 2. The van der Waals surface area contributed by atoms with Crippen LogP contribution in [0.1, 0.15) is 105 Å². The third kappa shape index (κ3) is 10.1. The summed E-state index contributed by atoms with van der Waals surface area (Å²) in [5, 5.41) is 2.96. The molecule has 324 valence electrons. The molecule has 2 aromatic rings. The average molecular weight is 871 g/mol. The number of benzene rings is 2. The van der Waals surface area contributed by atoms with Crippen molar-refractivity contribution in [2.24, 2.45) is 5.92 Å². The van der Waals surface area contributed by atoms with Gasteiger partial charge in [-0.15, -0.1) is 0 Å². The zero-order valence-corrected chi connectivity index (χ0v) is 34.9. The molecule has 0 spiro atoms. The van der Waals surface area contributed by atoms with Crippen LogP contribution in [0.3, 0.4) is 0 Å². The normalized spacial score (nSPS) is 21.6. The Balaban J connectivity index is 1.16. The number of aryl methyl sites for hydroxylation is 1. The number of carbonyl (C=O) groups excluding carboxylic acids is 4. The highest BCUT2D eigenvalue weighted by molar-refractivity contribution is 7.91. The molecule has 4 N–H and O–H groups in total. The van der Waals surface area contributed by atoms with Gasteiger partial charge in [-0.25, -0.2) is 40.3 Å². The lowest BCUT2D eigenvalue weighted by molar-refractivity contribution is -0.163. The fourth-order valence-electron chi connectivity index (χ4n) is 8.90. The number of fused-ring (bicyclic) bond motifs is 2. The first-order valence-electron chi connectivity index (χ1n) is 19.7. The third-order valence-corrected chi connectivity index (χ3v) is 15.4. The Morgan fingerprint density at radius 1 is 0.780 bits per heavy atom. The molecule has 2 heterocycles. The molecule has 0 saturated carbocycles. The van der Waals surface area contributed by atoms with Gasteiger partial charge in [0.05, 0.1) is 10.5 Å². The van der Waals surface area contributed by atoms with E-state index in [0.717, 1.165) is 35.1 Å². The van der Waals surface area contributed by atoms with E-state index in [2.05, 4.69) is 21.4 Å². The summed E-state index contributed by atoms with van der Waals surface area (Å²) in [5.74, 6) is -2.50. The third-order valence-electron chi connectivity index (χ3n) is 11.9. The summed E-state index contributed by atoms with van der Waals surface area (Å²) < 4.78 is 110. The van der Waals surface area contributed by atoms with Crippen LogP contribution in [0, 0.1) is 11.7 Å². The molecule has 0 radical (unpaired) electrons. The topological polar surface area (TPSA) is 191 Å². The molecule has 4 unspecified atom stereocenters. The summed E-state index contributed by atoms with van der Waals surface area (Å²) in [5.41, 5.74) is 5.37. The van der Waals surface area contributed by atoms with Crippen LogP contribution in [0.4, 0.5) is 38.5 Å². The van der Waals surface area contributed by atoms with Gasteiger partial charge in [0.2, 0.25) is 31.9 Å². The molecule has 0 aromatic heterocycles. The van der Waals surface area contributed by atoms with Crippen LogP contribution in [0.5, 0.6) is 0 Å². The van der Waals surface area contributed by atoms with Crippen LogP contribution in [0.15, 0.2) is 18.2 Å². The number of amides is 6. The SMILES string of the molecule is CC(C)c1cc(F)cc(C(C)CC2Cc3cc4c(c(NC(=O)NS(=O)(=O)C5CCN(CC(F)(F)F)C(=O)C5)c3C2)CCC4)c1NC(=O)NS(=O)(=O)C1CCN(C)C(=O)C1. The molecule has 4 aliphatic rings. The largest absolute Gasteiger partial charge is 0.406 e. The fraction of sp³-hybridized carbons (Fsp3) is 0.590. The maximum absolute atomic E-state index is 15.2. The van der Waals surface area contributed by atoms with Gasteiger partial charge < -0.3 is 20.4 Å². The van der Waals surface area contributed by atoms with Gasteiger partial charge in [0.15, 0.2) is 0 Å². The van der Waals surface area contributed by atoms with Gasteiger partial charge in [0, 0.05) is 44.4 Å². The van der Waals surface area contributed by atoms with Crippen molar-refractivity contribution in [3.05, 3.63) is 57.4 Å². The molecule has 6 amide bonds. The molecule has 4 atom stereocenters. The molecule has 20 heteroatoms. The number of hydrogen-bond acceptors (Lipinski definition) is 8. The van der Waals surface area contributed by atoms with Crippen molar-refractivity contribution >= 4 is 55.3 Å². The molecule has 2 saturated heterocycles. The van der Waals surface area contributed by atoms with E-state index >= 15 is 4.39 Å².